The first-order chi connectivity index (χ1) is 31.1. The quantitative estimate of drug-likeness (QED) is 0.0854. The Bertz CT molecular complexity index is 1990. The van der Waals surface area contributed by atoms with Gasteiger partial charge in [-0.3, -0.25) is 4.79 Å². The van der Waals surface area contributed by atoms with Gasteiger partial charge in [0.1, 0.15) is 49.3 Å². The zero-order valence-corrected chi connectivity index (χ0v) is 39.2. The largest absolute Gasteiger partial charge is 0.480 e. The van der Waals surface area contributed by atoms with Crippen LogP contribution in [0.5, 0.6) is 0 Å². The molecule has 67 heavy (non-hydrogen) atoms. The molecule has 4 saturated carbocycles. The zero-order chi connectivity index (χ0) is 49.2. The molecule has 3 saturated heterocycles. The van der Waals surface area contributed by atoms with E-state index in [1.54, 1.807) is 0 Å². The maximum absolute atomic E-state index is 14.7. The van der Waals surface area contributed by atoms with Gasteiger partial charge in [-0.1, -0.05) is 60.1 Å². The molecule has 7 fully saturated rings. The van der Waals surface area contributed by atoms with Crippen LogP contribution in [-0.4, -0.2) is 163 Å². The lowest BCUT2D eigenvalue weighted by Gasteiger charge is -2.71. The average Bonchev–Trinajstić information content (AvgIpc) is 3.24. The van der Waals surface area contributed by atoms with Crippen LogP contribution in [0.3, 0.4) is 0 Å². The molecule has 0 bridgehead atoms. The van der Waals surface area contributed by atoms with Crippen molar-refractivity contribution in [3.63, 3.8) is 0 Å². The number of hydrogen-bond donors (Lipinski definition) is 9. The van der Waals surface area contributed by atoms with E-state index in [2.05, 4.69) is 54.5 Å². The van der Waals surface area contributed by atoms with Crippen molar-refractivity contribution in [2.75, 3.05) is 13.2 Å². The van der Waals surface area contributed by atoms with Gasteiger partial charge in [-0.05, 0) is 109 Å². The van der Waals surface area contributed by atoms with Crippen molar-refractivity contribution in [1.29, 1.82) is 0 Å². The van der Waals surface area contributed by atoms with E-state index in [4.69, 9.17) is 38.3 Å². The lowest BCUT2D eigenvalue weighted by molar-refractivity contribution is -0.435. The smallest absolute Gasteiger partial charge is 0.369 e. The Morgan fingerprint density at radius 2 is 1.45 bits per heavy atom. The summed E-state index contributed by atoms with van der Waals surface area (Å²) in [5, 5.41) is 93.2. The highest BCUT2D eigenvalue weighted by atomic mass is 16.8. The first-order valence-corrected chi connectivity index (χ1v) is 23.7. The summed E-state index contributed by atoms with van der Waals surface area (Å²) >= 11 is 0. The highest BCUT2D eigenvalue weighted by Gasteiger charge is 2.71. The number of esters is 1. The first-order valence-electron chi connectivity index (χ1n) is 23.7. The monoisotopic (exact) mass is 954 g/mol. The van der Waals surface area contributed by atoms with E-state index in [-0.39, 0.29) is 39.4 Å². The standard InChI is InChI=1S/C47H70O20/c1-41(2)14-16-46(39(59)66-36-30(53)29(52)28(51)23(19-48)62-36)17-15-44(6)21(22(46)18-41)8-9-25-43(5)12-11-26(42(3,4)24(43)10-13-45(25,44)7)63-37-31(54)32-33(34(64-37)35(55)56)67-47(60,38(57)58)40(65-32)61-20-27(49)50/h8,22-26,28-34,36-37,40,48,51-54,60H,9-20H2,1-7H3,(H,49,50)(H,55,56)(H,57,58)/t22-,23+,24?,25+,26-,28+,29-,30+,31+,32+,33-,34-,36-,37+,40-,43-,44+,45+,46-,47-/m0/s1. The minimum absolute atomic E-state index is 0.0811. The third-order valence-corrected chi connectivity index (χ3v) is 18.7. The molecule has 3 aliphatic heterocycles. The number of ether oxygens (including phenoxy) is 7. The first kappa shape index (κ1) is 50.5. The molecular formula is C47H70O20. The lowest BCUT2D eigenvalue weighted by Crippen LogP contribution is -2.72. The molecule has 0 radical (unpaired) electrons. The van der Waals surface area contributed by atoms with Crippen molar-refractivity contribution in [2.45, 2.75) is 192 Å². The number of aliphatic hydroxyl groups excluding tert-OH is 5. The van der Waals surface area contributed by atoms with Crippen molar-refractivity contribution in [1.82, 2.24) is 0 Å². The normalized spacial score (nSPS) is 49.9. The van der Waals surface area contributed by atoms with Crippen LogP contribution in [0.15, 0.2) is 11.6 Å². The summed E-state index contributed by atoms with van der Waals surface area (Å²) in [4.78, 5) is 50.6. The van der Waals surface area contributed by atoms with Gasteiger partial charge in [0.25, 0.3) is 0 Å². The highest BCUT2D eigenvalue weighted by molar-refractivity contribution is 5.79. The van der Waals surface area contributed by atoms with Crippen molar-refractivity contribution >= 4 is 23.9 Å². The van der Waals surface area contributed by atoms with Gasteiger partial charge in [-0.25, -0.2) is 14.4 Å². The molecule has 3 heterocycles. The number of carboxylic acid groups (broad SMARTS) is 3. The molecule has 0 aromatic carbocycles. The Balaban J connectivity index is 1.03. The predicted octanol–water partition coefficient (Wildman–Crippen LogP) is 1.67. The lowest BCUT2D eigenvalue weighted by atomic mass is 9.33. The molecule has 378 valence electrons. The molecule has 1 unspecified atom stereocenters. The molecule has 9 N–H and O–H groups in total. The third kappa shape index (κ3) is 7.78. The van der Waals surface area contributed by atoms with Crippen LogP contribution in [0.4, 0.5) is 0 Å². The van der Waals surface area contributed by atoms with Gasteiger partial charge in [0.05, 0.1) is 18.1 Å². The number of carbonyl (C=O) groups is 4. The SMILES string of the molecule is CC1(C)CC[C@]2(C(=O)O[C@@H]3O[C@H](CO)[C@@H](O)[C@H](O)[C@H]3O)CC[C@]3(C)C(=CC[C@@H]4[C@@]5(C)CC[C@H](O[C@@H]6O[C@H](C(=O)O)[C@H]7O[C@@](O)(C(=O)O)[C@@H](OCC(=O)O)O[C@@H]7[C@H]6O)C(C)(C)C5CC[C@]43C)[C@@H]2C1. The maximum Gasteiger partial charge on any atom is 0.369 e. The number of carboxylic acids is 3. The second-order valence-corrected chi connectivity index (χ2v) is 22.9. The number of allylic oxidation sites excluding steroid dienone is 2. The number of rotatable bonds is 10. The molecule has 0 amide bonds. The van der Waals surface area contributed by atoms with Crippen LogP contribution in [0.2, 0.25) is 0 Å². The van der Waals surface area contributed by atoms with Crippen LogP contribution in [0.25, 0.3) is 0 Å². The van der Waals surface area contributed by atoms with Crippen LogP contribution >= 0.6 is 0 Å². The Morgan fingerprint density at radius 1 is 0.761 bits per heavy atom. The van der Waals surface area contributed by atoms with Gasteiger partial charge < -0.3 is 79.1 Å². The van der Waals surface area contributed by atoms with E-state index in [1.165, 1.54) is 5.57 Å². The summed E-state index contributed by atoms with van der Waals surface area (Å²) < 4.78 is 40.0. The van der Waals surface area contributed by atoms with E-state index >= 15 is 0 Å². The van der Waals surface area contributed by atoms with Crippen LogP contribution in [0, 0.1) is 50.2 Å². The summed E-state index contributed by atoms with van der Waals surface area (Å²) in [5.41, 5.74) is -1.07. The number of fused-ring (bicyclic) bond motifs is 8. The van der Waals surface area contributed by atoms with Gasteiger partial charge in [0, 0.05) is 0 Å². The molecular weight excluding hydrogens is 884 g/mol. The zero-order valence-electron chi connectivity index (χ0n) is 39.2. The number of aliphatic carboxylic acids is 3. The Kier molecular flexibility index (Phi) is 13.0. The van der Waals surface area contributed by atoms with Crippen LogP contribution in [0.1, 0.15) is 113 Å². The molecule has 5 aliphatic carbocycles. The summed E-state index contributed by atoms with van der Waals surface area (Å²) in [6.07, 6.45) is -10.2. The molecule has 0 aromatic heterocycles. The molecule has 20 heteroatoms. The minimum atomic E-state index is -3.34. The van der Waals surface area contributed by atoms with Gasteiger partial charge in [0.15, 0.2) is 12.4 Å². The molecule has 20 atom stereocenters. The van der Waals surface area contributed by atoms with Gasteiger partial charge in [0.2, 0.25) is 12.6 Å². The third-order valence-electron chi connectivity index (χ3n) is 18.7. The van der Waals surface area contributed by atoms with E-state index < -0.39 is 128 Å². The molecule has 0 spiro atoms. The average molecular weight is 955 g/mol. The second kappa shape index (κ2) is 17.2. The van der Waals surface area contributed by atoms with E-state index in [1.807, 2.05) is 0 Å². The molecule has 0 aromatic rings. The summed E-state index contributed by atoms with van der Waals surface area (Å²) in [6.45, 7) is 14.0. The van der Waals surface area contributed by atoms with E-state index in [0.717, 1.165) is 32.1 Å². The Labute approximate surface area is 388 Å². The highest BCUT2D eigenvalue weighted by Crippen LogP contribution is 2.76. The summed E-state index contributed by atoms with van der Waals surface area (Å²) in [5.74, 6) is -8.93. The summed E-state index contributed by atoms with van der Waals surface area (Å²) in [7, 11) is 0. The van der Waals surface area contributed by atoms with Crippen LogP contribution in [-0.2, 0) is 52.3 Å². The molecule has 8 aliphatic rings. The number of carbonyl (C=O) groups excluding carboxylic acids is 1. The van der Waals surface area contributed by atoms with Crippen molar-refractivity contribution in [3.05, 3.63) is 11.6 Å². The van der Waals surface area contributed by atoms with Gasteiger partial charge >= 0.3 is 29.7 Å². The number of aliphatic hydroxyl groups is 6. The molecule has 8 rings (SSSR count). The van der Waals surface area contributed by atoms with Gasteiger partial charge in [-0.2, -0.15) is 0 Å². The van der Waals surface area contributed by atoms with Crippen molar-refractivity contribution in [3.8, 4) is 0 Å². The van der Waals surface area contributed by atoms with Gasteiger partial charge in [-0.15, -0.1) is 0 Å². The van der Waals surface area contributed by atoms with Crippen molar-refractivity contribution < 1.29 is 98.3 Å². The van der Waals surface area contributed by atoms with Crippen LogP contribution < -0.4 is 0 Å². The number of hydrogen-bond acceptors (Lipinski definition) is 17. The maximum atomic E-state index is 14.7. The second-order valence-electron chi connectivity index (χ2n) is 22.9. The fraction of sp³-hybridized carbons (Fsp3) is 0.872. The Morgan fingerprint density at radius 3 is 2.09 bits per heavy atom. The van der Waals surface area contributed by atoms with E-state index in [0.29, 0.717) is 32.1 Å². The Hall–Kier alpha value is -2.86. The van der Waals surface area contributed by atoms with E-state index in [9.17, 15) is 60.0 Å². The predicted molar refractivity (Wildman–Crippen MR) is 226 cm³/mol. The van der Waals surface area contributed by atoms with Crippen molar-refractivity contribution in [2.24, 2.45) is 50.2 Å². The topological polar surface area (TPSA) is 315 Å². The fourth-order valence-corrected chi connectivity index (χ4v) is 14.7. The summed E-state index contributed by atoms with van der Waals surface area (Å²) in [6, 6.07) is 0. The molecule has 20 nitrogen and oxygen atoms in total. The fourth-order valence-electron chi connectivity index (χ4n) is 14.7. The minimum Gasteiger partial charge on any atom is -0.480 e.